The van der Waals surface area contributed by atoms with E-state index < -0.39 is 0 Å². The van der Waals surface area contributed by atoms with Crippen LogP contribution in [-0.4, -0.2) is 17.4 Å². The highest BCUT2D eigenvalue weighted by molar-refractivity contribution is 5.77. The second kappa shape index (κ2) is 3.90. The van der Waals surface area contributed by atoms with E-state index in [1.807, 2.05) is 0 Å². The largest absolute Gasteiger partial charge is 0.274 e. The van der Waals surface area contributed by atoms with E-state index in [4.69, 9.17) is 5.26 Å². The molecule has 50 valence electrons. The van der Waals surface area contributed by atoms with E-state index in [9.17, 15) is 4.79 Å². The number of carbonyl (C=O) groups is 1. The van der Waals surface area contributed by atoms with Crippen molar-refractivity contribution in [2.45, 2.75) is 20.3 Å². The van der Waals surface area contributed by atoms with Gasteiger partial charge < -0.3 is 0 Å². The summed E-state index contributed by atoms with van der Waals surface area (Å²) in [6, 6.07) is 0. The fourth-order valence-electron chi connectivity index (χ4n) is 0.494. The molecule has 0 unspecified atom stereocenters. The number of hydrogen-bond acceptors (Lipinski definition) is 2. The molecule has 0 atom stereocenters. The summed E-state index contributed by atoms with van der Waals surface area (Å²) in [6.45, 7) is 3.99. The summed E-state index contributed by atoms with van der Waals surface area (Å²) in [6.07, 6.45) is 2.19. The van der Waals surface area contributed by atoms with Crippen molar-refractivity contribution in [1.82, 2.24) is 4.90 Å². The number of nitrogens with zero attached hydrogens (tertiary/aromatic N) is 2. The SMILES string of the molecule is CCC(=O)N(C#N)CC. The van der Waals surface area contributed by atoms with Gasteiger partial charge in [-0.05, 0) is 6.92 Å². The molecule has 0 bridgehead atoms. The highest BCUT2D eigenvalue weighted by atomic mass is 16.2. The first-order valence-corrected chi connectivity index (χ1v) is 2.96. The Labute approximate surface area is 54.9 Å². The van der Waals surface area contributed by atoms with Crippen LogP contribution in [0.3, 0.4) is 0 Å². The van der Waals surface area contributed by atoms with Crippen LogP contribution in [0.5, 0.6) is 0 Å². The molecule has 0 spiro atoms. The molecule has 0 aliphatic rings. The lowest BCUT2D eigenvalue weighted by molar-refractivity contribution is -0.127. The van der Waals surface area contributed by atoms with Gasteiger partial charge in [-0.1, -0.05) is 6.92 Å². The van der Waals surface area contributed by atoms with Crippen molar-refractivity contribution in [3.8, 4) is 6.19 Å². The zero-order chi connectivity index (χ0) is 7.28. The molecule has 0 aromatic carbocycles. The number of amides is 1. The van der Waals surface area contributed by atoms with Crippen molar-refractivity contribution in [2.24, 2.45) is 0 Å². The molecule has 0 saturated heterocycles. The Morgan fingerprint density at radius 3 is 2.33 bits per heavy atom. The predicted octanol–water partition coefficient (Wildman–Crippen LogP) is 0.726. The van der Waals surface area contributed by atoms with Gasteiger partial charge in [0.1, 0.15) is 0 Å². The summed E-state index contributed by atoms with van der Waals surface area (Å²) in [7, 11) is 0. The predicted molar refractivity (Wildman–Crippen MR) is 33.3 cm³/mol. The summed E-state index contributed by atoms with van der Waals surface area (Å²) in [4.78, 5) is 11.8. The molecule has 0 aromatic rings. The molecule has 0 fully saturated rings. The molecule has 0 aliphatic carbocycles. The van der Waals surface area contributed by atoms with Crippen LogP contribution in [0.25, 0.3) is 0 Å². The van der Waals surface area contributed by atoms with Crippen molar-refractivity contribution >= 4 is 5.91 Å². The molecule has 0 rings (SSSR count). The van der Waals surface area contributed by atoms with Gasteiger partial charge in [-0.15, -0.1) is 0 Å². The van der Waals surface area contributed by atoms with Crippen LogP contribution in [0.4, 0.5) is 0 Å². The van der Waals surface area contributed by atoms with Gasteiger partial charge in [0.05, 0.1) is 0 Å². The molecule has 0 aromatic heterocycles. The van der Waals surface area contributed by atoms with Crippen molar-refractivity contribution in [1.29, 1.82) is 5.26 Å². The lowest BCUT2D eigenvalue weighted by Crippen LogP contribution is -2.24. The van der Waals surface area contributed by atoms with Gasteiger partial charge in [-0.3, -0.25) is 4.79 Å². The third kappa shape index (κ3) is 2.13. The number of hydrogen-bond donors (Lipinski definition) is 0. The highest BCUT2D eigenvalue weighted by Crippen LogP contribution is 1.89. The van der Waals surface area contributed by atoms with Crippen LogP contribution < -0.4 is 0 Å². The van der Waals surface area contributed by atoms with Crippen LogP contribution in [0, 0.1) is 11.5 Å². The van der Waals surface area contributed by atoms with Gasteiger partial charge in [0.2, 0.25) is 5.91 Å². The molecule has 3 heteroatoms. The quantitative estimate of drug-likeness (QED) is 0.404. The zero-order valence-corrected chi connectivity index (χ0v) is 5.72. The average molecular weight is 126 g/mol. The minimum atomic E-state index is -0.111. The van der Waals surface area contributed by atoms with Gasteiger partial charge in [-0.25, -0.2) is 4.90 Å². The second-order valence-corrected chi connectivity index (χ2v) is 1.59. The summed E-state index contributed by atoms with van der Waals surface area (Å²) in [5, 5.41) is 8.28. The van der Waals surface area contributed by atoms with Crippen LogP contribution in [-0.2, 0) is 4.79 Å². The van der Waals surface area contributed by atoms with Gasteiger partial charge in [-0.2, -0.15) is 5.26 Å². The Kier molecular flexibility index (Phi) is 3.45. The zero-order valence-electron chi connectivity index (χ0n) is 5.72. The fraction of sp³-hybridized carbons (Fsp3) is 0.667. The third-order valence-corrected chi connectivity index (χ3v) is 1.04. The maximum absolute atomic E-state index is 10.7. The summed E-state index contributed by atoms with van der Waals surface area (Å²) in [5.41, 5.74) is 0. The van der Waals surface area contributed by atoms with E-state index in [1.54, 1.807) is 20.0 Å². The van der Waals surface area contributed by atoms with Gasteiger partial charge in [0, 0.05) is 13.0 Å². The molecular formula is C6H10N2O. The maximum Gasteiger partial charge on any atom is 0.235 e. The molecule has 9 heavy (non-hydrogen) atoms. The van der Waals surface area contributed by atoms with E-state index in [2.05, 4.69) is 0 Å². The normalized spacial score (nSPS) is 8.11. The molecular weight excluding hydrogens is 116 g/mol. The Morgan fingerprint density at radius 2 is 2.22 bits per heavy atom. The number of carbonyl (C=O) groups excluding carboxylic acids is 1. The fourth-order valence-corrected chi connectivity index (χ4v) is 0.494. The average Bonchev–Trinajstić information content (AvgIpc) is 1.90. The Balaban J connectivity index is 3.84. The monoisotopic (exact) mass is 126 g/mol. The second-order valence-electron chi connectivity index (χ2n) is 1.59. The van der Waals surface area contributed by atoms with E-state index in [0.29, 0.717) is 13.0 Å². The first-order valence-electron chi connectivity index (χ1n) is 2.96. The van der Waals surface area contributed by atoms with Crippen molar-refractivity contribution in [3.63, 3.8) is 0 Å². The van der Waals surface area contributed by atoms with Gasteiger partial charge in [0.15, 0.2) is 6.19 Å². The minimum Gasteiger partial charge on any atom is -0.274 e. The minimum absolute atomic E-state index is 0.111. The van der Waals surface area contributed by atoms with Gasteiger partial charge >= 0.3 is 0 Å². The Bertz CT molecular complexity index is 136. The Hall–Kier alpha value is -1.04. The third-order valence-electron chi connectivity index (χ3n) is 1.04. The highest BCUT2D eigenvalue weighted by Gasteiger charge is 2.05. The number of nitriles is 1. The van der Waals surface area contributed by atoms with E-state index >= 15 is 0 Å². The van der Waals surface area contributed by atoms with Crippen molar-refractivity contribution in [3.05, 3.63) is 0 Å². The maximum atomic E-state index is 10.7. The summed E-state index contributed by atoms with van der Waals surface area (Å²) in [5.74, 6) is -0.111. The van der Waals surface area contributed by atoms with E-state index in [0.717, 1.165) is 4.90 Å². The lowest BCUT2D eigenvalue weighted by atomic mass is 10.4. The molecule has 0 radical (unpaired) electrons. The molecule has 0 heterocycles. The van der Waals surface area contributed by atoms with E-state index in [1.165, 1.54) is 0 Å². The molecule has 0 aliphatic heterocycles. The van der Waals surface area contributed by atoms with E-state index in [-0.39, 0.29) is 5.91 Å². The van der Waals surface area contributed by atoms with Crippen LogP contribution in [0.1, 0.15) is 20.3 Å². The first-order chi connectivity index (χ1) is 4.26. The molecule has 0 N–H and O–H groups in total. The van der Waals surface area contributed by atoms with Crippen molar-refractivity contribution in [2.75, 3.05) is 6.54 Å². The molecule has 1 amide bonds. The summed E-state index contributed by atoms with van der Waals surface area (Å²) >= 11 is 0. The van der Waals surface area contributed by atoms with Crippen molar-refractivity contribution < 1.29 is 4.79 Å². The smallest absolute Gasteiger partial charge is 0.235 e. The van der Waals surface area contributed by atoms with Crippen LogP contribution in [0.2, 0.25) is 0 Å². The van der Waals surface area contributed by atoms with Gasteiger partial charge in [0.25, 0.3) is 0 Å². The summed E-state index contributed by atoms with van der Waals surface area (Å²) < 4.78 is 0. The van der Waals surface area contributed by atoms with Crippen LogP contribution >= 0.6 is 0 Å². The topological polar surface area (TPSA) is 44.1 Å². The van der Waals surface area contributed by atoms with Crippen LogP contribution in [0.15, 0.2) is 0 Å². The lowest BCUT2D eigenvalue weighted by Gasteiger charge is -2.07. The standard InChI is InChI=1S/C6H10N2O/c1-3-6(9)8(4-2)5-7/h3-4H2,1-2H3. The Morgan fingerprint density at radius 1 is 1.67 bits per heavy atom. The molecule has 3 nitrogen and oxygen atoms in total. The first kappa shape index (κ1) is 7.96. The molecule has 0 saturated carbocycles. The number of rotatable bonds is 2.